The van der Waals surface area contributed by atoms with Crippen LogP contribution in [0.1, 0.15) is 12.0 Å². The van der Waals surface area contributed by atoms with E-state index >= 15 is 0 Å². The predicted octanol–water partition coefficient (Wildman–Crippen LogP) is 3.93. The lowest BCUT2D eigenvalue weighted by Gasteiger charge is -2.11. The van der Waals surface area contributed by atoms with Crippen LogP contribution in [0.5, 0.6) is 5.75 Å². The lowest BCUT2D eigenvalue weighted by Crippen LogP contribution is -2.21. The van der Waals surface area contributed by atoms with Gasteiger partial charge in [0.1, 0.15) is 5.75 Å². The van der Waals surface area contributed by atoms with Gasteiger partial charge in [0, 0.05) is 5.69 Å². The molecule has 27 heavy (non-hydrogen) atoms. The topological polar surface area (TPSA) is 67.4 Å². The van der Waals surface area contributed by atoms with Gasteiger partial charge < -0.3 is 15.4 Å². The van der Waals surface area contributed by atoms with Gasteiger partial charge in [0.25, 0.3) is 0 Å². The molecule has 0 bridgehead atoms. The second-order valence-corrected chi connectivity index (χ2v) is 6.21. The summed E-state index contributed by atoms with van der Waals surface area (Å²) in [5.74, 6) is -1.41. The SMILES string of the molecule is COc1ccccc1NC(=O)C1CC1C(=O)Nc1cccc(C(F)(F)F)c1. The lowest BCUT2D eigenvalue weighted by molar-refractivity contribution is -0.137. The molecule has 2 N–H and O–H groups in total. The molecule has 1 aliphatic rings. The van der Waals surface area contributed by atoms with Crippen molar-refractivity contribution in [2.75, 3.05) is 17.7 Å². The molecule has 2 aromatic carbocycles. The molecular weight excluding hydrogens is 361 g/mol. The number of hydrogen-bond acceptors (Lipinski definition) is 3. The molecule has 2 amide bonds. The molecule has 2 aromatic rings. The lowest BCUT2D eigenvalue weighted by atomic mass is 10.2. The molecule has 0 aromatic heterocycles. The van der Waals surface area contributed by atoms with Gasteiger partial charge in [0.05, 0.1) is 30.2 Å². The van der Waals surface area contributed by atoms with Gasteiger partial charge in [-0.15, -0.1) is 0 Å². The second kappa shape index (κ2) is 7.30. The van der Waals surface area contributed by atoms with E-state index in [-0.39, 0.29) is 11.6 Å². The van der Waals surface area contributed by atoms with Crippen LogP contribution < -0.4 is 15.4 Å². The highest BCUT2D eigenvalue weighted by Gasteiger charge is 2.48. The van der Waals surface area contributed by atoms with Crippen molar-refractivity contribution in [1.29, 1.82) is 0 Å². The van der Waals surface area contributed by atoms with Gasteiger partial charge in [0.15, 0.2) is 0 Å². The third-order valence-corrected chi connectivity index (χ3v) is 4.29. The maximum atomic E-state index is 12.7. The van der Waals surface area contributed by atoms with Crippen LogP contribution in [0.4, 0.5) is 24.5 Å². The Kier molecular flexibility index (Phi) is 5.07. The molecule has 2 atom stereocenters. The Morgan fingerprint density at radius 2 is 1.67 bits per heavy atom. The molecule has 5 nitrogen and oxygen atoms in total. The van der Waals surface area contributed by atoms with Crippen molar-refractivity contribution in [2.45, 2.75) is 12.6 Å². The van der Waals surface area contributed by atoms with E-state index in [1.807, 2.05) is 0 Å². The van der Waals surface area contributed by atoms with E-state index < -0.39 is 29.5 Å². The minimum absolute atomic E-state index is 0.0469. The van der Waals surface area contributed by atoms with Crippen LogP contribution in [0.25, 0.3) is 0 Å². The highest BCUT2D eigenvalue weighted by atomic mass is 19.4. The van der Waals surface area contributed by atoms with Crippen molar-refractivity contribution < 1.29 is 27.5 Å². The minimum atomic E-state index is -4.49. The molecule has 1 saturated carbocycles. The number of para-hydroxylation sites is 2. The highest BCUT2D eigenvalue weighted by Crippen LogP contribution is 2.41. The number of methoxy groups -OCH3 is 1. The first-order chi connectivity index (χ1) is 12.8. The molecule has 142 valence electrons. The first-order valence-electron chi connectivity index (χ1n) is 8.21. The van der Waals surface area contributed by atoms with E-state index in [0.29, 0.717) is 17.9 Å². The van der Waals surface area contributed by atoms with Gasteiger partial charge in [-0.05, 0) is 36.8 Å². The van der Waals surface area contributed by atoms with Gasteiger partial charge in [-0.2, -0.15) is 13.2 Å². The van der Waals surface area contributed by atoms with Crippen LogP contribution in [0.3, 0.4) is 0 Å². The van der Waals surface area contributed by atoms with Crippen molar-refractivity contribution in [3.05, 3.63) is 54.1 Å². The zero-order chi connectivity index (χ0) is 19.6. The molecule has 1 aliphatic carbocycles. The van der Waals surface area contributed by atoms with Crippen LogP contribution in [0.2, 0.25) is 0 Å². The number of anilines is 2. The van der Waals surface area contributed by atoms with E-state index in [2.05, 4.69) is 10.6 Å². The molecule has 0 saturated heterocycles. The summed E-state index contributed by atoms with van der Waals surface area (Å²) in [5.41, 5.74) is -0.305. The zero-order valence-corrected chi connectivity index (χ0v) is 14.3. The van der Waals surface area contributed by atoms with Gasteiger partial charge in [-0.25, -0.2) is 0 Å². The third-order valence-electron chi connectivity index (χ3n) is 4.29. The van der Waals surface area contributed by atoms with Crippen molar-refractivity contribution in [1.82, 2.24) is 0 Å². The molecule has 2 unspecified atom stereocenters. The number of hydrogen-bond donors (Lipinski definition) is 2. The Morgan fingerprint density at radius 1 is 1.00 bits per heavy atom. The quantitative estimate of drug-likeness (QED) is 0.829. The fraction of sp³-hybridized carbons (Fsp3) is 0.263. The first kappa shape index (κ1) is 18.8. The Morgan fingerprint density at radius 3 is 2.33 bits per heavy atom. The first-order valence-corrected chi connectivity index (χ1v) is 8.21. The molecular formula is C19H17F3N2O3. The van der Waals surface area contributed by atoms with E-state index in [0.717, 1.165) is 12.1 Å². The summed E-state index contributed by atoms with van der Waals surface area (Å²) < 4.78 is 43.4. The fourth-order valence-corrected chi connectivity index (χ4v) is 2.76. The van der Waals surface area contributed by atoms with Crippen molar-refractivity contribution in [2.24, 2.45) is 11.8 Å². The molecule has 3 rings (SSSR count). The van der Waals surface area contributed by atoms with E-state index in [4.69, 9.17) is 4.74 Å². The fourth-order valence-electron chi connectivity index (χ4n) is 2.76. The van der Waals surface area contributed by atoms with Crippen molar-refractivity contribution in [3.63, 3.8) is 0 Å². The standard InChI is InChI=1S/C19H17F3N2O3/c1-27-16-8-3-2-7-15(16)24-18(26)14-10-13(14)17(25)23-12-6-4-5-11(9-12)19(20,21)22/h2-9,13-14H,10H2,1H3,(H,23,25)(H,24,26). The Labute approximate surface area is 153 Å². The van der Waals surface area contributed by atoms with E-state index in [1.54, 1.807) is 24.3 Å². The van der Waals surface area contributed by atoms with Crippen LogP contribution in [-0.2, 0) is 15.8 Å². The average Bonchev–Trinajstić information content (AvgIpc) is 3.43. The third kappa shape index (κ3) is 4.39. The number of amides is 2. The second-order valence-electron chi connectivity index (χ2n) is 6.21. The van der Waals surface area contributed by atoms with Crippen LogP contribution in [0.15, 0.2) is 48.5 Å². The Balaban J connectivity index is 1.60. The van der Waals surface area contributed by atoms with Crippen LogP contribution >= 0.6 is 0 Å². The van der Waals surface area contributed by atoms with E-state index in [1.165, 1.54) is 19.2 Å². The maximum Gasteiger partial charge on any atom is 0.416 e. The minimum Gasteiger partial charge on any atom is -0.495 e. The molecule has 0 heterocycles. The van der Waals surface area contributed by atoms with Gasteiger partial charge in [0.2, 0.25) is 11.8 Å². The van der Waals surface area contributed by atoms with Crippen molar-refractivity contribution >= 4 is 23.2 Å². The number of rotatable bonds is 5. The number of carbonyl (C=O) groups excluding carboxylic acids is 2. The number of benzene rings is 2. The summed E-state index contributed by atoms with van der Waals surface area (Å²) >= 11 is 0. The predicted molar refractivity (Wildman–Crippen MR) is 93.3 cm³/mol. The molecule has 1 fully saturated rings. The molecule has 0 aliphatic heterocycles. The Bertz CT molecular complexity index is 867. The number of nitrogens with one attached hydrogen (secondary N) is 2. The molecule has 0 radical (unpaired) electrons. The number of carbonyl (C=O) groups is 2. The summed E-state index contributed by atoms with van der Waals surface area (Å²) in [5, 5.41) is 5.15. The van der Waals surface area contributed by atoms with Crippen molar-refractivity contribution in [3.8, 4) is 5.75 Å². The molecule has 8 heteroatoms. The smallest absolute Gasteiger partial charge is 0.416 e. The highest BCUT2D eigenvalue weighted by molar-refractivity contribution is 6.03. The summed E-state index contributed by atoms with van der Waals surface area (Å²) in [6, 6.07) is 11.3. The summed E-state index contributed by atoms with van der Waals surface area (Å²) in [6.45, 7) is 0. The van der Waals surface area contributed by atoms with Gasteiger partial charge in [-0.1, -0.05) is 18.2 Å². The zero-order valence-electron chi connectivity index (χ0n) is 14.3. The number of halogens is 3. The maximum absolute atomic E-state index is 12.7. The average molecular weight is 378 g/mol. The Hall–Kier alpha value is -3.03. The van der Waals surface area contributed by atoms with Gasteiger partial charge in [-0.3, -0.25) is 9.59 Å². The monoisotopic (exact) mass is 378 g/mol. The van der Waals surface area contributed by atoms with Crippen LogP contribution in [-0.4, -0.2) is 18.9 Å². The number of ether oxygens (including phenoxy) is 1. The normalized spacial score (nSPS) is 18.5. The molecule has 0 spiro atoms. The van der Waals surface area contributed by atoms with Gasteiger partial charge >= 0.3 is 6.18 Å². The summed E-state index contributed by atoms with van der Waals surface area (Å²) in [7, 11) is 1.48. The summed E-state index contributed by atoms with van der Waals surface area (Å²) in [6.07, 6.45) is -4.15. The largest absolute Gasteiger partial charge is 0.495 e. The number of alkyl halides is 3. The van der Waals surface area contributed by atoms with Crippen LogP contribution in [0, 0.1) is 11.8 Å². The van der Waals surface area contributed by atoms with E-state index in [9.17, 15) is 22.8 Å². The summed E-state index contributed by atoms with van der Waals surface area (Å²) in [4.78, 5) is 24.5.